The summed E-state index contributed by atoms with van der Waals surface area (Å²) >= 11 is 0. The zero-order chi connectivity index (χ0) is 12.3. The van der Waals surface area contributed by atoms with E-state index in [1.807, 2.05) is 0 Å². The highest BCUT2D eigenvalue weighted by Gasteiger charge is 2.20. The van der Waals surface area contributed by atoms with Crippen molar-refractivity contribution in [3.63, 3.8) is 0 Å². The average molecular weight is 236 g/mol. The molecule has 1 saturated heterocycles. The summed E-state index contributed by atoms with van der Waals surface area (Å²) in [6, 6.07) is 5.40. The number of esters is 1. The third-order valence-electron chi connectivity index (χ3n) is 2.60. The van der Waals surface area contributed by atoms with E-state index in [-0.39, 0.29) is 11.8 Å². The summed E-state index contributed by atoms with van der Waals surface area (Å²) in [6.45, 7) is 1.51. The Balaban J connectivity index is 2.01. The molecule has 0 aliphatic carbocycles. The van der Waals surface area contributed by atoms with Gasteiger partial charge >= 0.3 is 5.97 Å². The molecule has 1 unspecified atom stereocenters. The SMILES string of the molecule is O=C(OC1CCNC1)c1ccc([N+](=O)[O-])cc1. The lowest BCUT2D eigenvalue weighted by Crippen LogP contribution is -2.20. The zero-order valence-corrected chi connectivity index (χ0v) is 9.09. The zero-order valence-electron chi connectivity index (χ0n) is 9.09. The number of non-ortho nitro benzene ring substituents is 1. The molecule has 90 valence electrons. The van der Waals surface area contributed by atoms with E-state index >= 15 is 0 Å². The molecule has 1 fully saturated rings. The van der Waals surface area contributed by atoms with Crippen LogP contribution in [0.5, 0.6) is 0 Å². The maximum atomic E-state index is 11.7. The van der Waals surface area contributed by atoms with Gasteiger partial charge in [0.1, 0.15) is 6.10 Å². The summed E-state index contributed by atoms with van der Waals surface area (Å²) in [5.74, 6) is -0.436. The van der Waals surface area contributed by atoms with Crippen molar-refractivity contribution < 1.29 is 14.5 Å². The Bertz CT molecular complexity index is 424. The highest BCUT2D eigenvalue weighted by atomic mass is 16.6. The minimum Gasteiger partial charge on any atom is -0.457 e. The molecule has 0 spiro atoms. The van der Waals surface area contributed by atoms with Crippen LogP contribution in [0, 0.1) is 10.1 Å². The summed E-state index contributed by atoms with van der Waals surface area (Å²) in [5, 5.41) is 13.5. The van der Waals surface area contributed by atoms with Crippen LogP contribution in [0.15, 0.2) is 24.3 Å². The van der Waals surface area contributed by atoms with Crippen molar-refractivity contribution in [1.29, 1.82) is 0 Å². The number of ether oxygens (including phenoxy) is 1. The van der Waals surface area contributed by atoms with Crippen molar-refractivity contribution in [2.24, 2.45) is 0 Å². The van der Waals surface area contributed by atoms with E-state index in [2.05, 4.69) is 5.32 Å². The number of nitrogens with one attached hydrogen (secondary N) is 1. The topological polar surface area (TPSA) is 81.5 Å². The molecule has 17 heavy (non-hydrogen) atoms. The number of nitro groups is 1. The second kappa shape index (κ2) is 4.92. The molecular weight excluding hydrogens is 224 g/mol. The predicted molar refractivity (Wildman–Crippen MR) is 59.8 cm³/mol. The molecule has 1 aliphatic heterocycles. The van der Waals surface area contributed by atoms with Crippen molar-refractivity contribution in [2.75, 3.05) is 13.1 Å². The first-order valence-electron chi connectivity index (χ1n) is 5.33. The van der Waals surface area contributed by atoms with Crippen LogP contribution < -0.4 is 5.32 Å². The third-order valence-corrected chi connectivity index (χ3v) is 2.60. The molecule has 6 heteroatoms. The van der Waals surface area contributed by atoms with E-state index in [1.165, 1.54) is 24.3 Å². The van der Waals surface area contributed by atoms with E-state index in [0.717, 1.165) is 13.0 Å². The fourth-order valence-corrected chi connectivity index (χ4v) is 1.67. The Hall–Kier alpha value is -1.95. The fraction of sp³-hybridized carbons (Fsp3) is 0.364. The standard InChI is InChI=1S/C11H12N2O4/c14-11(17-10-5-6-12-7-10)8-1-3-9(4-2-8)13(15)16/h1-4,10,12H,5-7H2. The van der Waals surface area contributed by atoms with E-state index in [1.54, 1.807) is 0 Å². The van der Waals surface area contributed by atoms with Crippen LogP contribution in [0.4, 0.5) is 5.69 Å². The van der Waals surface area contributed by atoms with Crippen molar-refractivity contribution in [2.45, 2.75) is 12.5 Å². The number of hydrogen-bond acceptors (Lipinski definition) is 5. The summed E-state index contributed by atoms with van der Waals surface area (Å²) in [4.78, 5) is 21.6. The number of carbonyl (C=O) groups is 1. The Morgan fingerprint density at radius 1 is 1.41 bits per heavy atom. The van der Waals surface area contributed by atoms with Gasteiger partial charge in [0, 0.05) is 18.7 Å². The first-order chi connectivity index (χ1) is 8.16. The largest absolute Gasteiger partial charge is 0.457 e. The lowest BCUT2D eigenvalue weighted by Gasteiger charge is -2.10. The molecular formula is C11H12N2O4. The monoisotopic (exact) mass is 236 g/mol. The first-order valence-corrected chi connectivity index (χ1v) is 5.33. The number of hydrogen-bond donors (Lipinski definition) is 1. The maximum Gasteiger partial charge on any atom is 0.338 e. The second-order valence-corrected chi connectivity index (χ2v) is 3.82. The number of nitrogens with zero attached hydrogens (tertiary/aromatic N) is 1. The molecule has 2 rings (SSSR count). The summed E-state index contributed by atoms with van der Waals surface area (Å²) in [5.41, 5.74) is 0.298. The van der Waals surface area contributed by atoms with Crippen LogP contribution in [0.3, 0.4) is 0 Å². The Labute approximate surface area is 97.7 Å². The van der Waals surface area contributed by atoms with Crippen molar-refractivity contribution in [1.82, 2.24) is 5.32 Å². The maximum absolute atomic E-state index is 11.7. The summed E-state index contributed by atoms with van der Waals surface area (Å²) in [7, 11) is 0. The van der Waals surface area contributed by atoms with Gasteiger partial charge < -0.3 is 10.1 Å². The lowest BCUT2D eigenvalue weighted by atomic mass is 10.2. The number of benzene rings is 1. The van der Waals surface area contributed by atoms with Crippen LogP contribution in [0.2, 0.25) is 0 Å². The van der Waals surface area contributed by atoms with Gasteiger partial charge in [0.05, 0.1) is 10.5 Å². The van der Waals surface area contributed by atoms with Gasteiger partial charge in [-0.15, -0.1) is 0 Å². The highest BCUT2D eigenvalue weighted by Crippen LogP contribution is 2.14. The predicted octanol–water partition coefficient (Wildman–Crippen LogP) is 1.11. The van der Waals surface area contributed by atoms with Gasteiger partial charge in [-0.3, -0.25) is 10.1 Å². The van der Waals surface area contributed by atoms with Crippen LogP contribution in [-0.2, 0) is 4.74 Å². The molecule has 0 aromatic heterocycles. The second-order valence-electron chi connectivity index (χ2n) is 3.82. The van der Waals surface area contributed by atoms with Crippen LogP contribution in [0.25, 0.3) is 0 Å². The number of nitro benzene ring substituents is 1. The van der Waals surface area contributed by atoms with Crippen LogP contribution in [-0.4, -0.2) is 30.1 Å². The Morgan fingerprint density at radius 3 is 2.65 bits per heavy atom. The Kier molecular flexibility index (Phi) is 3.34. The minimum atomic E-state index is -0.504. The number of carbonyl (C=O) groups excluding carboxylic acids is 1. The Morgan fingerprint density at radius 2 is 2.12 bits per heavy atom. The quantitative estimate of drug-likeness (QED) is 0.483. The average Bonchev–Trinajstić information content (AvgIpc) is 2.82. The van der Waals surface area contributed by atoms with Gasteiger partial charge in [-0.05, 0) is 25.1 Å². The minimum absolute atomic E-state index is 0.0379. The van der Waals surface area contributed by atoms with Gasteiger partial charge in [0.15, 0.2) is 0 Å². The molecule has 1 heterocycles. The molecule has 1 aromatic carbocycles. The van der Waals surface area contributed by atoms with Crippen LogP contribution >= 0.6 is 0 Å². The van der Waals surface area contributed by atoms with Gasteiger partial charge in [0.25, 0.3) is 5.69 Å². The molecule has 0 bridgehead atoms. The molecule has 0 saturated carbocycles. The molecule has 0 amide bonds. The van der Waals surface area contributed by atoms with Crippen molar-refractivity contribution in [3.8, 4) is 0 Å². The third kappa shape index (κ3) is 2.79. The molecule has 0 radical (unpaired) electrons. The van der Waals surface area contributed by atoms with Gasteiger partial charge in [-0.25, -0.2) is 4.79 Å². The smallest absolute Gasteiger partial charge is 0.338 e. The van der Waals surface area contributed by atoms with Gasteiger partial charge in [-0.2, -0.15) is 0 Å². The van der Waals surface area contributed by atoms with Crippen molar-refractivity contribution >= 4 is 11.7 Å². The normalized spacial score (nSPS) is 18.9. The molecule has 1 atom stereocenters. The van der Waals surface area contributed by atoms with E-state index < -0.39 is 10.9 Å². The highest BCUT2D eigenvalue weighted by molar-refractivity contribution is 5.89. The summed E-state index contributed by atoms with van der Waals surface area (Å²) in [6.07, 6.45) is 0.705. The van der Waals surface area contributed by atoms with Crippen molar-refractivity contribution in [3.05, 3.63) is 39.9 Å². The van der Waals surface area contributed by atoms with E-state index in [0.29, 0.717) is 12.1 Å². The summed E-state index contributed by atoms with van der Waals surface area (Å²) < 4.78 is 5.23. The van der Waals surface area contributed by atoms with Gasteiger partial charge in [0.2, 0.25) is 0 Å². The molecule has 1 N–H and O–H groups in total. The molecule has 6 nitrogen and oxygen atoms in total. The molecule has 1 aliphatic rings. The number of rotatable bonds is 3. The van der Waals surface area contributed by atoms with Gasteiger partial charge in [-0.1, -0.05) is 0 Å². The van der Waals surface area contributed by atoms with E-state index in [4.69, 9.17) is 4.74 Å². The lowest BCUT2D eigenvalue weighted by molar-refractivity contribution is -0.384. The van der Waals surface area contributed by atoms with E-state index in [9.17, 15) is 14.9 Å². The van der Waals surface area contributed by atoms with Crippen LogP contribution in [0.1, 0.15) is 16.8 Å². The molecule has 1 aromatic rings. The first kappa shape index (κ1) is 11.5. The fourth-order valence-electron chi connectivity index (χ4n) is 1.67.